The molecule has 37 heavy (non-hydrogen) atoms. The molecule has 2 aliphatic heterocycles. The number of hydrogen-bond donors (Lipinski definition) is 2. The highest BCUT2D eigenvalue weighted by Crippen LogP contribution is 2.44. The van der Waals surface area contributed by atoms with Crippen molar-refractivity contribution in [2.75, 3.05) is 17.7 Å². The monoisotopic (exact) mass is 526 g/mol. The first-order valence-corrected chi connectivity index (χ1v) is 12.9. The normalized spacial score (nSPS) is 15.1. The van der Waals surface area contributed by atoms with Gasteiger partial charge in [-0.15, -0.1) is 0 Å². The van der Waals surface area contributed by atoms with E-state index in [-0.39, 0.29) is 23.8 Å². The summed E-state index contributed by atoms with van der Waals surface area (Å²) >= 11 is -1.86. The number of anilines is 2. The second kappa shape index (κ2) is 9.52. The van der Waals surface area contributed by atoms with Crippen LogP contribution in [0.4, 0.5) is 20.3 Å². The lowest BCUT2D eigenvalue weighted by Gasteiger charge is -2.26. The number of rotatable bonds is 1. The van der Waals surface area contributed by atoms with E-state index in [9.17, 15) is 18.4 Å². The van der Waals surface area contributed by atoms with Gasteiger partial charge in [0.25, 0.3) is 11.5 Å². The van der Waals surface area contributed by atoms with Crippen LogP contribution in [0.15, 0.2) is 41.6 Å². The summed E-state index contributed by atoms with van der Waals surface area (Å²) in [6.45, 7) is 0.755. The summed E-state index contributed by atoms with van der Waals surface area (Å²) in [5.41, 5.74) is 4.60. The number of halogens is 2. The zero-order valence-electron chi connectivity index (χ0n) is 19.9. The topological polar surface area (TPSA) is 123 Å². The van der Waals surface area contributed by atoms with Crippen molar-refractivity contribution in [3.8, 4) is 11.1 Å². The third-order valence-electron chi connectivity index (χ3n) is 6.42. The van der Waals surface area contributed by atoms with Gasteiger partial charge >= 0.3 is 0 Å². The maximum atomic E-state index is 14.9. The average Bonchev–Trinajstić information content (AvgIpc) is 3.10. The van der Waals surface area contributed by atoms with E-state index in [1.807, 2.05) is 6.07 Å². The van der Waals surface area contributed by atoms with Gasteiger partial charge in [-0.2, -0.15) is 0 Å². The van der Waals surface area contributed by atoms with Gasteiger partial charge in [-0.3, -0.25) is 13.8 Å². The van der Waals surface area contributed by atoms with Gasteiger partial charge in [0.15, 0.2) is 11.6 Å². The first kappa shape index (κ1) is 24.8. The van der Waals surface area contributed by atoms with E-state index in [1.54, 1.807) is 30.4 Å². The summed E-state index contributed by atoms with van der Waals surface area (Å²) in [5.74, 6) is -1.83. The molecule has 4 aromatic rings. The Kier molecular flexibility index (Phi) is 6.38. The van der Waals surface area contributed by atoms with Crippen LogP contribution in [-0.2, 0) is 31.1 Å². The van der Waals surface area contributed by atoms with E-state index in [0.717, 1.165) is 52.6 Å². The van der Waals surface area contributed by atoms with Crippen molar-refractivity contribution in [3.63, 3.8) is 0 Å². The van der Waals surface area contributed by atoms with E-state index in [2.05, 4.69) is 15.3 Å². The van der Waals surface area contributed by atoms with Gasteiger partial charge in [-0.1, -0.05) is 11.1 Å². The molecule has 12 heteroatoms. The first-order valence-electron chi connectivity index (χ1n) is 11.4. The summed E-state index contributed by atoms with van der Waals surface area (Å²) in [4.78, 5) is 34.3. The van der Waals surface area contributed by atoms with Crippen LogP contribution >= 0.6 is 0 Å². The van der Waals surface area contributed by atoms with Crippen molar-refractivity contribution in [1.29, 1.82) is 0 Å². The minimum Gasteiger partial charge on any atom is -0.773 e. The maximum absolute atomic E-state index is 14.9. The number of nitrogens with zero attached hydrogens (tertiary/aromatic N) is 3. The second-order valence-corrected chi connectivity index (χ2v) is 9.66. The Bertz CT molecular complexity index is 1640. The van der Waals surface area contributed by atoms with Gasteiger partial charge in [-0.05, 0) is 42.4 Å². The summed E-state index contributed by atoms with van der Waals surface area (Å²) in [6, 6.07) is 4.49. The van der Waals surface area contributed by atoms with Crippen molar-refractivity contribution >= 4 is 39.4 Å². The number of amides is 1. The van der Waals surface area contributed by atoms with Crippen LogP contribution in [0.3, 0.4) is 0 Å². The fourth-order valence-corrected chi connectivity index (χ4v) is 4.88. The van der Waals surface area contributed by atoms with E-state index in [4.69, 9.17) is 8.76 Å². The molecule has 2 aliphatic rings. The fraction of sp³-hybridized carbons (Fsp3) is 0.240. The molecule has 1 unspecified atom stereocenters. The van der Waals surface area contributed by atoms with Crippen molar-refractivity contribution in [3.05, 3.63) is 75.5 Å². The van der Waals surface area contributed by atoms with Gasteiger partial charge < -0.3 is 24.3 Å². The predicted octanol–water partition coefficient (Wildman–Crippen LogP) is 3.03. The Balaban J connectivity index is 0.000000655. The molecule has 192 valence electrons. The Morgan fingerprint density at radius 1 is 1.11 bits per heavy atom. The molecule has 1 amide bonds. The molecule has 3 aromatic heterocycles. The van der Waals surface area contributed by atoms with E-state index < -0.39 is 22.7 Å². The molecule has 9 nitrogen and oxygen atoms in total. The van der Waals surface area contributed by atoms with Crippen molar-refractivity contribution in [1.82, 2.24) is 19.9 Å². The average molecular weight is 527 g/mol. The minimum absolute atomic E-state index is 0.0551. The van der Waals surface area contributed by atoms with Gasteiger partial charge in [-0.25, -0.2) is 13.8 Å². The molecule has 0 saturated heterocycles. The molecule has 6 rings (SSSR count). The molecular weight excluding hydrogens is 504 g/mol. The fourth-order valence-electron chi connectivity index (χ4n) is 4.88. The summed E-state index contributed by atoms with van der Waals surface area (Å²) in [5, 5.41) is 3.65. The number of nitrogens with one attached hydrogen (secondary N) is 2. The minimum atomic E-state index is -1.86. The molecule has 5 heterocycles. The molecule has 0 spiro atoms. The number of fused-ring (bicyclic) bond motifs is 3. The largest absolute Gasteiger partial charge is 0.773 e. The molecule has 1 atom stereocenters. The van der Waals surface area contributed by atoms with Crippen molar-refractivity contribution in [2.45, 2.75) is 19.4 Å². The highest BCUT2D eigenvalue weighted by atomic mass is 32.2. The van der Waals surface area contributed by atoms with Crippen LogP contribution in [-0.4, -0.2) is 42.0 Å². The molecule has 0 aliphatic carbocycles. The number of carbonyl (C=O) groups is 1. The van der Waals surface area contributed by atoms with Gasteiger partial charge in [0, 0.05) is 54.1 Å². The number of H-pyrrole nitrogens is 1. The lowest BCUT2D eigenvalue weighted by Crippen LogP contribution is -2.24. The Morgan fingerprint density at radius 2 is 1.86 bits per heavy atom. The van der Waals surface area contributed by atoms with Crippen molar-refractivity contribution in [2.24, 2.45) is 7.05 Å². The molecular formula is C25H22F2N5O4S-. The number of aryl methyl sites for hydroxylation is 2. The van der Waals surface area contributed by atoms with E-state index in [1.165, 1.54) is 4.57 Å². The molecule has 2 N–H and O–H groups in total. The van der Waals surface area contributed by atoms with Crippen LogP contribution in [0.2, 0.25) is 0 Å². The number of pyridine rings is 2. The number of benzene rings is 1. The highest BCUT2D eigenvalue weighted by Gasteiger charge is 2.30. The first-order chi connectivity index (χ1) is 17.7. The highest BCUT2D eigenvalue weighted by molar-refractivity contribution is 7.78. The Hall–Kier alpha value is -3.90. The lowest BCUT2D eigenvalue weighted by molar-refractivity contribution is 0.0956. The Morgan fingerprint density at radius 3 is 2.59 bits per heavy atom. The molecule has 0 saturated carbocycles. The van der Waals surface area contributed by atoms with E-state index >= 15 is 0 Å². The molecule has 0 fully saturated rings. The van der Waals surface area contributed by atoms with Gasteiger partial charge in [0.05, 0.1) is 18.4 Å². The van der Waals surface area contributed by atoms with Crippen LogP contribution in [0.1, 0.15) is 27.9 Å². The van der Waals surface area contributed by atoms with Gasteiger partial charge in [0.1, 0.15) is 11.3 Å². The summed E-state index contributed by atoms with van der Waals surface area (Å²) < 4.78 is 48.1. The third kappa shape index (κ3) is 4.42. The maximum Gasteiger partial charge on any atom is 0.274 e. The van der Waals surface area contributed by atoms with Crippen molar-refractivity contribution < 1.29 is 22.3 Å². The number of aromatic amines is 1. The molecule has 1 aromatic carbocycles. The lowest BCUT2D eigenvalue weighted by atomic mass is 9.94. The second-order valence-electron chi connectivity index (χ2n) is 8.86. The summed E-state index contributed by atoms with van der Waals surface area (Å²) in [7, 11) is 1.68. The standard InChI is InChI=1S/C24H19F2N5O2.CH4O2S/c1-30-11-17-16-5-12-3-2-4-27-23(32)15(12)7-19(16)31(22-18(26)6-14(25)9-29-22)10-13-8-28-21(20(13)17)24(30)33;1-4(2)3/h5-9,11,28H,2-4,10H2,1H3,(H,27,32);1H3,(H,2,3)/p-1. The number of hydrogen-bond acceptors (Lipinski definition) is 6. The Labute approximate surface area is 212 Å². The quantitative estimate of drug-likeness (QED) is 0.368. The van der Waals surface area contributed by atoms with E-state index in [0.29, 0.717) is 29.7 Å². The predicted molar refractivity (Wildman–Crippen MR) is 134 cm³/mol. The zero-order chi connectivity index (χ0) is 26.4. The molecule has 0 bridgehead atoms. The zero-order valence-corrected chi connectivity index (χ0v) is 20.7. The smallest absolute Gasteiger partial charge is 0.274 e. The number of carbonyl (C=O) groups excluding carboxylic acids is 1. The van der Waals surface area contributed by atoms with Crippen LogP contribution in [0, 0.1) is 11.6 Å². The molecule has 0 radical (unpaired) electrons. The third-order valence-corrected chi connectivity index (χ3v) is 6.42. The van der Waals surface area contributed by atoms with Crippen LogP contribution in [0.5, 0.6) is 0 Å². The summed E-state index contributed by atoms with van der Waals surface area (Å²) in [6.07, 6.45) is 7.05. The van der Waals surface area contributed by atoms with Gasteiger partial charge in [0.2, 0.25) is 0 Å². The SMILES string of the molecule is CS(=O)[O-].Cn1cc2c3c(c[nH]c3c1=O)CN(c1ncc(F)cc1F)c1cc3c(cc1-2)CCCNC3=O. The van der Waals surface area contributed by atoms with Crippen LogP contribution < -0.4 is 15.8 Å². The van der Waals surface area contributed by atoms with Crippen LogP contribution in [0.25, 0.3) is 22.0 Å². The number of aromatic nitrogens is 3.